The van der Waals surface area contributed by atoms with Gasteiger partial charge >= 0.3 is 0 Å². The maximum atomic E-state index is 12.7. The molecule has 0 saturated heterocycles. The van der Waals surface area contributed by atoms with Gasteiger partial charge in [0.15, 0.2) is 23.1 Å². The van der Waals surface area contributed by atoms with Crippen molar-refractivity contribution in [3.05, 3.63) is 46.4 Å². The predicted octanol–water partition coefficient (Wildman–Crippen LogP) is 3.74. The number of para-hydroxylation sites is 1. The fourth-order valence-corrected chi connectivity index (χ4v) is 4.05. The van der Waals surface area contributed by atoms with Gasteiger partial charge in [-0.05, 0) is 18.9 Å². The monoisotopic (exact) mass is 340 g/mol. The van der Waals surface area contributed by atoms with Crippen LogP contribution >= 0.6 is 0 Å². The summed E-state index contributed by atoms with van der Waals surface area (Å²) in [6.45, 7) is 0. The summed E-state index contributed by atoms with van der Waals surface area (Å²) in [5.74, 6) is 1.17. The van der Waals surface area contributed by atoms with Gasteiger partial charge in [0.25, 0.3) is 0 Å². The molecule has 25 heavy (non-hydrogen) atoms. The van der Waals surface area contributed by atoms with Crippen LogP contribution in [0.1, 0.15) is 50.0 Å². The normalized spacial score (nSPS) is 23.2. The number of ketones is 2. The lowest BCUT2D eigenvalue weighted by atomic mass is 9.73. The average Bonchev–Trinajstić information content (AvgIpc) is 2.60. The Bertz CT molecular complexity index is 830. The Morgan fingerprint density at radius 2 is 1.76 bits per heavy atom. The lowest BCUT2D eigenvalue weighted by molar-refractivity contribution is -0.117. The van der Waals surface area contributed by atoms with Gasteiger partial charge in [-0.2, -0.15) is 0 Å². The smallest absolute Gasteiger partial charge is 0.172 e. The second-order valence-corrected chi connectivity index (χ2v) is 6.66. The summed E-state index contributed by atoms with van der Waals surface area (Å²) in [7, 11) is 1.56. The second-order valence-electron chi connectivity index (χ2n) is 6.66. The molecule has 1 atom stereocenters. The van der Waals surface area contributed by atoms with E-state index in [1.54, 1.807) is 13.2 Å². The van der Waals surface area contributed by atoms with Gasteiger partial charge in [-0.1, -0.05) is 12.1 Å². The highest BCUT2D eigenvalue weighted by atomic mass is 16.5. The number of Topliss-reactive ketones (excluding diaryl/α,β-unsaturated/α-hetero) is 2. The molecule has 0 unspecified atom stereocenters. The third-order valence-electron chi connectivity index (χ3n) is 5.18. The van der Waals surface area contributed by atoms with E-state index in [1.165, 1.54) is 0 Å². The summed E-state index contributed by atoms with van der Waals surface area (Å²) < 4.78 is 11.5. The number of methoxy groups -OCH3 is 1. The van der Waals surface area contributed by atoms with Gasteiger partial charge in [0.2, 0.25) is 0 Å². The standard InChI is InChI=1S/C20H20O5/c1-24-16-10-2-5-11-17(18-12(21)6-3-7-13(18)22)19-14(23)8-4-9-15(19)25-20(11)16/h2,5,10,17,21H,3-4,6-9H2,1H3/t17-/m1/s1. The van der Waals surface area contributed by atoms with Crippen LogP contribution in [0, 0.1) is 0 Å². The SMILES string of the molecule is COc1cccc2c1OC1=C(C(=O)CCC1)[C@H]2C1=C(O)CCCC1=O. The number of ether oxygens (including phenoxy) is 2. The summed E-state index contributed by atoms with van der Waals surface area (Å²) in [6.07, 6.45) is 3.33. The molecule has 1 aromatic rings. The Kier molecular flexibility index (Phi) is 3.86. The van der Waals surface area contributed by atoms with Crippen molar-refractivity contribution in [2.24, 2.45) is 0 Å². The highest BCUT2D eigenvalue weighted by molar-refractivity contribution is 6.05. The molecule has 0 fully saturated rings. The molecular formula is C20H20O5. The molecule has 2 aliphatic carbocycles. The lowest BCUT2D eigenvalue weighted by Crippen LogP contribution is -2.29. The van der Waals surface area contributed by atoms with Crippen LogP contribution in [-0.4, -0.2) is 23.8 Å². The number of carbonyl (C=O) groups excluding carboxylic acids is 2. The van der Waals surface area contributed by atoms with Crippen molar-refractivity contribution in [1.82, 2.24) is 0 Å². The van der Waals surface area contributed by atoms with Crippen molar-refractivity contribution in [2.75, 3.05) is 7.11 Å². The lowest BCUT2D eigenvalue weighted by Gasteiger charge is -2.35. The molecule has 0 aromatic heterocycles. The topological polar surface area (TPSA) is 72.8 Å². The highest BCUT2D eigenvalue weighted by Gasteiger charge is 2.42. The van der Waals surface area contributed by atoms with E-state index >= 15 is 0 Å². The van der Waals surface area contributed by atoms with Gasteiger partial charge in [-0.3, -0.25) is 9.59 Å². The number of rotatable bonds is 2. The number of aliphatic hydroxyl groups is 1. The Labute approximate surface area is 145 Å². The van der Waals surface area contributed by atoms with E-state index in [0.717, 1.165) is 6.42 Å². The molecule has 1 heterocycles. The van der Waals surface area contributed by atoms with Crippen molar-refractivity contribution in [2.45, 2.75) is 44.4 Å². The minimum Gasteiger partial charge on any atom is -0.512 e. The zero-order chi connectivity index (χ0) is 17.6. The molecule has 0 amide bonds. The zero-order valence-electron chi connectivity index (χ0n) is 14.1. The molecule has 0 spiro atoms. The van der Waals surface area contributed by atoms with Crippen LogP contribution in [0.3, 0.4) is 0 Å². The first kappa shape index (κ1) is 15.9. The first-order valence-corrected chi connectivity index (χ1v) is 8.68. The summed E-state index contributed by atoms with van der Waals surface area (Å²) in [5.41, 5.74) is 1.60. The quantitative estimate of drug-likeness (QED) is 0.888. The van der Waals surface area contributed by atoms with E-state index in [9.17, 15) is 14.7 Å². The number of hydrogen-bond donors (Lipinski definition) is 1. The molecule has 1 aromatic carbocycles. The fourth-order valence-electron chi connectivity index (χ4n) is 4.05. The molecule has 3 aliphatic rings. The van der Waals surface area contributed by atoms with Crippen molar-refractivity contribution in [3.63, 3.8) is 0 Å². The molecule has 0 bridgehead atoms. The molecule has 1 aliphatic heterocycles. The second kappa shape index (κ2) is 6.06. The van der Waals surface area contributed by atoms with Gasteiger partial charge in [-0.15, -0.1) is 0 Å². The van der Waals surface area contributed by atoms with E-state index in [4.69, 9.17) is 9.47 Å². The minimum absolute atomic E-state index is 0.00149. The summed E-state index contributed by atoms with van der Waals surface area (Å²) >= 11 is 0. The average molecular weight is 340 g/mol. The molecule has 5 heteroatoms. The summed E-state index contributed by atoms with van der Waals surface area (Å²) in [6, 6.07) is 5.46. The largest absolute Gasteiger partial charge is 0.512 e. The molecule has 1 N–H and O–H groups in total. The van der Waals surface area contributed by atoms with E-state index in [2.05, 4.69) is 0 Å². The van der Waals surface area contributed by atoms with Crippen LogP contribution in [0.25, 0.3) is 0 Å². The first-order chi connectivity index (χ1) is 12.1. The van der Waals surface area contributed by atoms with Crippen molar-refractivity contribution < 1.29 is 24.2 Å². The number of carbonyl (C=O) groups is 2. The molecule has 130 valence electrons. The fraction of sp³-hybridized carbons (Fsp3) is 0.400. The number of benzene rings is 1. The molecule has 5 nitrogen and oxygen atoms in total. The van der Waals surface area contributed by atoms with E-state index in [1.807, 2.05) is 12.1 Å². The number of allylic oxidation sites excluding steroid dienone is 4. The van der Waals surface area contributed by atoms with Crippen molar-refractivity contribution >= 4 is 11.6 Å². The van der Waals surface area contributed by atoms with Crippen molar-refractivity contribution in [3.8, 4) is 11.5 Å². The molecule has 4 rings (SSSR count). The van der Waals surface area contributed by atoms with Crippen LogP contribution in [0.4, 0.5) is 0 Å². The van der Waals surface area contributed by atoms with Gasteiger partial charge in [0.1, 0.15) is 5.76 Å². The Hall–Kier alpha value is -2.56. The number of hydrogen-bond acceptors (Lipinski definition) is 5. The van der Waals surface area contributed by atoms with E-state index in [-0.39, 0.29) is 17.3 Å². The maximum absolute atomic E-state index is 12.7. The Morgan fingerprint density at radius 3 is 2.48 bits per heavy atom. The Balaban J connectivity index is 1.98. The molecular weight excluding hydrogens is 320 g/mol. The van der Waals surface area contributed by atoms with Crippen LogP contribution in [0.15, 0.2) is 40.9 Å². The predicted molar refractivity (Wildman–Crippen MR) is 90.8 cm³/mol. The van der Waals surface area contributed by atoms with Crippen LogP contribution in [-0.2, 0) is 9.59 Å². The maximum Gasteiger partial charge on any atom is 0.172 e. The Morgan fingerprint density at radius 1 is 1.04 bits per heavy atom. The van der Waals surface area contributed by atoms with Crippen LogP contribution in [0.2, 0.25) is 0 Å². The zero-order valence-corrected chi connectivity index (χ0v) is 14.1. The number of fused-ring (bicyclic) bond motifs is 1. The van der Waals surface area contributed by atoms with E-state index in [0.29, 0.717) is 66.1 Å². The minimum atomic E-state index is -0.561. The van der Waals surface area contributed by atoms with Crippen molar-refractivity contribution in [1.29, 1.82) is 0 Å². The molecule has 0 radical (unpaired) electrons. The number of aliphatic hydroxyl groups excluding tert-OH is 1. The van der Waals surface area contributed by atoms with Crippen LogP contribution in [0.5, 0.6) is 11.5 Å². The van der Waals surface area contributed by atoms with Crippen LogP contribution < -0.4 is 9.47 Å². The third kappa shape index (κ3) is 2.46. The molecule has 0 saturated carbocycles. The van der Waals surface area contributed by atoms with Gasteiger partial charge in [0, 0.05) is 42.4 Å². The highest BCUT2D eigenvalue weighted by Crippen LogP contribution is 2.51. The summed E-state index contributed by atoms with van der Waals surface area (Å²) in [4.78, 5) is 25.3. The van der Waals surface area contributed by atoms with Gasteiger partial charge < -0.3 is 14.6 Å². The van der Waals surface area contributed by atoms with Gasteiger partial charge in [-0.25, -0.2) is 0 Å². The third-order valence-corrected chi connectivity index (χ3v) is 5.18. The summed E-state index contributed by atoms with van der Waals surface area (Å²) in [5, 5.41) is 10.5. The first-order valence-electron chi connectivity index (χ1n) is 8.68. The van der Waals surface area contributed by atoms with E-state index < -0.39 is 5.92 Å². The van der Waals surface area contributed by atoms with Gasteiger partial charge in [0.05, 0.1) is 18.8 Å².